The number of hydrogen-bond donors (Lipinski definition) is 0. The molecule has 0 amide bonds. The van der Waals surface area contributed by atoms with Crippen molar-refractivity contribution < 1.29 is 9.53 Å². The van der Waals surface area contributed by atoms with Crippen LogP contribution in [0.4, 0.5) is 0 Å². The predicted molar refractivity (Wildman–Crippen MR) is 71.6 cm³/mol. The van der Waals surface area contributed by atoms with Crippen molar-refractivity contribution in [3.05, 3.63) is 71.3 Å². The van der Waals surface area contributed by atoms with Crippen LogP contribution >= 0.6 is 0 Å². The molecule has 0 aliphatic rings. The Balaban J connectivity index is 1.93. The van der Waals surface area contributed by atoms with E-state index < -0.39 is 0 Å². The fourth-order valence-electron chi connectivity index (χ4n) is 1.74. The molecule has 0 fully saturated rings. The SMILES string of the molecule is N#Cc1ccccc1C(=O)COCc1ccccc1. The maximum atomic E-state index is 11.9. The molecule has 0 saturated carbocycles. The molecule has 0 aliphatic carbocycles. The van der Waals surface area contributed by atoms with Gasteiger partial charge in [0.25, 0.3) is 0 Å². The van der Waals surface area contributed by atoms with Crippen molar-refractivity contribution in [2.24, 2.45) is 0 Å². The zero-order chi connectivity index (χ0) is 13.5. The fourth-order valence-corrected chi connectivity index (χ4v) is 1.74. The molecular weight excluding hydrogens is 238 g/mol. The summed E-state index contributed by atoms with van der Waals surface area (Å²) < 4.78 is 5.38. The number of ether oxygens (including phenoxy) is 1. The number of nitrogens with zero attached hydrogens (tertiary/aromatic N) is 1. The molecule has 0 atom stereocenters. The number of nitriles is 1. The van der Waals surface area contributed by atoms with Gasteiger partial charge in [-0.1, -0.05) is 42.5 Å². The highest BCUT2D eigenvalue weighted by molar-refractivity contribution is 5.99. The van der Waals surface area contributed by atoms with Crippen molar-refractivity contribution in [1.82, 2.24) is 0 Å². The molecule has 94 valence electrons. The first-order chi connectivity index (χ1) is 9.31. The maximum Gasteiger partial charge on any atom is 0.189 e. The molecule has 0 N–H and O–H groups in total. The number of benzene rings is 2. The van der Waals surface area contributed by atoms with E-state index in [2.05, 4.69) is 0 Å². The van der Waals surface area contributed by atoms with Gasteiger partial charge >= 0.3 is 0 Å². The summed E-state index contributed by atoms with van der Waals surface area (Å²) in [5.74, 6) is -0.173. The molecule has 0 aromatic heterocycles. The lowest BCUT2D eigenvalue weighted by atomic mass is 10.1. The van der Waals surface area contributed by atoms with Crippen LogP contribution in [0.15, 0.2) is 54.6 Å². The van der Waals surface area contributed by atoms with Gasteiger partial charge in [0, 0.05) is 5.56 Å². The van der Waals surface area contributed by atoms with E-state index >= 15 is 0 Å². The van der Waals surface area contributed by atoms with E-state index in [-0.39, 0.29) is 12.4 Å². The number of carbonyl (C=O) groups excluding carboxylic acids is 1. The second kappa shape index (κ2) is 6.48. The third kappa shape index (κ3) is 3.51. The Labute approximate surface area is 112 Å². The van der Waals surface area contributed by atoms with Crippen molar-refractivity contribution in [3.8, 4) is 6.07 Å². The summed E-state index contributed by atoms with van der Waals surface area (Å²) in [4.78, 5) is 11.9. The molecule has 0 spiro atoms. The summed E-state index contributed by atoms with van der Waals surface area (Å²) in [6, 6.07) is 18.4. The van der Waals surface area contributed by atoms with E-state index in [9.17, 15) is 4.79 Å². The first kappa shape index (κ1) is 13.0. The second-order valence-electron chi connectivity index (χ2n) is 4.06. The average Bonchev–Trinajstić information content (AvgIpc) is 2.48. The van der Waals surface area contributed by atoms with Crippen LogP contribution in [-0.2, 0) is 11.3 Å². The van der Waals surface area contributed by atoms with Crippen molar-refractivity contribution >= 4 is 5.78 Å². The van der Waals surface area contributed by atoms with Crippen LogP contribution in [0.3, 0.4) is 0 Å². The summed E-state index contributed by atoms with van der Waals surface area (Å²) in [7, 11) is 0. The standard InChI is InChI=1S/C16H13NO2/c17-10-14-8-4-5-9-15(14)16(18)12-19-11-13-6-2-1-3-7-13/h1-9H,11-12H2. The van der Waals surface area contributed by atoms with Crippen molar-refractivity contribution in [2.75, 3.05) is 6.61 Å². The van der Waals surface area contributed by atoms with Gasteiger partial charge in [-0.3, -0.25) is 4.79 Å². The van der Waals surface area contributed by atoms with Gasteiger partial charge in [-0.15, -0.1) is 0 Å². The normalized spacial score (nSPS) is 9.84. The second-order valence-corrected chi connectivity index (χ2v) is 4.06. The third-order valence-corrected chi connectivity index (χ3v) is 2.69. The van der Waals surface area contributed by atoms with Gasteiger partial charge in [0.1, 0.15) is 6.61 Å². The number of Topliss-reactive ketones (excluding diaryl/α,β-unsaturated/α-hetero) is 1. The molecule has 3 nitrogen and oxygen atoms in total. The Bertz CT molecular complexity index is 600. The Morgan fingerprint density at radius 3 is 2.47 bits per heavy atom. The lowest BCUT2D eigenvalue weighted by Crippen LogP contribution is -2.10. The van der Waals surface area contributed by atoms with E-state index in [1.165, 1.54) is 0 Å². The molecule has 0 unspecified atom stereocenters. The van der Waals surface area contributed by atoms with E-state index in [0.717, 1.165) is 5.56 Å². The maximum absolute atomic E-state index is 11.9. The highest BCUT2D eigenvalue weighted by Crippen LogP contribution is 2.09. The van der Waals surface area contributed by atoms with Crippen molar-refractivity contribution in [3.63, 3.8) is 0 Å². The number of carbonyl (C=O) groups is 1. The van der Waals surface area contributed by atoms with Crippen LogP contribution in [0.5, 0.6) is 0 Å². The molecule has 0 heterocycles. The molecule has 2 aromatic carbocycles. The Hall–Kier alpha value is -2.44. The van der Waals surface area contributed by atoms with Gasteiger partial charge in [0.15, 0.2) is 5.78 Å². The lowest BCUT2D eigenvalue weighted by Gasteiger charge is -2.05. The monoisotopic (exact) mass is 251 g/mol. The van der Waals surface area contributed by atoms with E-state index in [1.54, 1.807) is 24.3 Å². The van der Waals surface area contributed by atoms with Gasteiger partial charge in [0.2, 0.25) is 0 Å². The first-order valence-corrected chi connectivity index (χ1v) is 5.95. The predicted octanol–water partition coefficient (Wildman–Crippen LogP) is 2.96. The molecule has 0 saturated heterocycles. The van der Waals surface area contributed by atoms with Gasteiger partial charge in [0.05, 0.1) is 18.2 Å². The summed E-state index contributed by atoms with van der Waals surface area (Å²) >= 11 is 0. The first-order valence-electron chi connectivity index (χ1n) is 5.95. The topological polar surface area (TPSA) is 50.1 Å². The van der Waals surface area contributed by atoms with Crippen molar-refractivity contribution in [1.29, 1.82) is 5.26 Å². The Kier molecular flexibility index (Phi) is 4.44. The lowest BCUT2D eigenvalue weighted by molar-refractivity contribution is 0.0726. The van der Waals surface area contributed by atoms with E-state index in [4.69, 9.17) is 10.00 Å². The van der Waals surface area contributed by atoms with Gasteiger partial charge in [-0.2, -0.15) is 5.26 Å². The molecule has 0 aliphatic heterocycles. The quantitative estimate of drug-likeness (QED) is 0.768. The zero-order valence-electron chi connectivity index (χ0n) is 10.4. The summed E-state index contributed by atoms with van der Waals surface area (Å²) in [6.45, 7) is 0.370. The highest BCUT2D eigenvalue weighted by Gasteiger charge is 2.10. The van der Waals surface area contributed by atoms with Gasteiger partial charge in [-0.05, 0) is 17.7 Å². The summed E-state index contributed by atoms with van der Waals surface area (Å²) in [5, 5.41) is 8.93. The van der Waals surface area contributed by atoms with Crippen LogP contribution in [0.25, 0.3) is 0 Å². The van der Waals surface area contributed by atoms with Gasteiger partial charge in [-0.25, -0.2) is 0 Å². The molecule has 2 aromatic rings. The largest absolute Gasteiger partial charge is 0.369 e. The van der Waals surface area contributed by atoms with Crippen LogP contribution in [0.1, 0.15) is 21.5 Å². The van der Waals surface area contributed by atoms with Crippen molar-refractivity contribution in [2.45, 2.75) is 6.61 Å². The Morgan fingerprint density at radius 2 is 1.74 bits per heavy atom. The summed E-state index contributed by atoms with van der Waals surface area (Å²) in [6.07, 6.45) is 0. The van der Waals surface area contributed by atoms with Crippen LogP contribution < -0.4 is 0 Å². The van der Waals surface area contributed by atoms with Gasteiger partial charge < -0.3 is 4.74 Å². The van der Waals surface area contributed by atoms with Crippen LogP contribution in [0.2, 0.25) is 0 Å². The third-order valence-electron chi connectivity index (χ3n) is 2.69. The fraction of sp³-hybridized carbons (Fsp3) is 0.125. The van der Waals surface area contributed by atoms with E-state index in [0.29, 0.717) is 17.7 Å². The molecular formula is C16H13NO2. The van der Waals surface area contributed by atoms with E-state index in [1.807, 2.05) is 36.4 Å². The molecule has 19 heavy (non-hydrogen) atoms. The Morgan fingerprint density at radius 1 is 1.05 bits per heavy atom. The van der Waals surface area contributed by atoms with Crippen LogP contribution in [0, 0.1) is 11.3 Å². The minimum Gasteiger partial charge on any atom is -0.369 e. The molecule has 0 bridgehead atoms. The number of rotatable bonds is 5. The highest BCUT2D eigenvalue weighted by atomic mass is 16.5. The molecule has 0 radical (unpaired) electrons. The molecule has 3 heteroatoms. The molecule has 2 rings (SSSR count). The number of hydrogen-bond acceptors (Lipinski definition) is 3. The minimum absolute atomic E-state index is 0.0203. The number of ketones is 1. The summed E-state index contributed by atoms with van der Waals surface area (Å²) in [5.41, 5.74) is 1.82. The zero-order valence-corrected chi connectivity index (χ0v) is 10.4. The smallest absolute Gasteiger partial charge is 0.189 e. The minimum atomic E-state index is -0.173. The van der Waals surface area contributed by atoms with Crippen LogP contribution in [-0.4, -0.2) is 12.4 Å². The average molecular weight is 251 g/mol.